The molecule has 42 heavy (non-hydrogen) atoms. The standard InChI is InChI=1S/C29H41N9O4/c30-27(40)26-28(35-24(16-33-26)37-12-2-1-3-13-37)34-22-6-4-20(5-7-22)21-8-14-36(15-9-21)23-18-38(19-23)25(39)17-31-10-11-32-29(41)42/h4-7,16,21,23,31-32H,1-3,8-15,17-19H2,(H2,30,40)(H,34,35)(H,41,42). The maximum Gasteiger partial charge on any atom is 0.404 e. The van der Waals surface area contributed by atoms with E-state index in [0.717, 1.165) is 76.5 Å². The zero-order chi connectivity index (χ0) is 29.5. The smallest absolute Gasteiger partial charge is 0.404 e. The average molecular weight is 580 g/mol. The van der Waals surface area contributed by atoms with Gasteiger partial charge in [-0.2, -0.15) is 0 Å². The number of benzene rings is 1. The highest BCUT2D eigenvalue weighted by Crippen LogP contribution is 2.32. The van der Waals surface area contributed by atoms with E-state index in [2.05, 4.69) is 42.9 Å². The van der Waals surface area contributed by atoms with Gasteiger partial charge in [0.15, 0.2) is 11.5 Å². The normalized spacial score (nSPS) is 18.4. The first kappa shape index (κ1) is 29.5. The van der Waals surface area contributed by atoms with E-state index < -0.39 is 12.0 Å². The number of rotatable bonds is 11. The summed E-state index contributed by atoms with van der Waals surface area (Å²) in [4.78, 5) is 50.4. The second-order valence-corrected chi connectivity index (χ2v) is 11.3. The van der Waals surface area contributed by atoms with Gasteiger partial charge in [0, 0.05) is 51.0 Å². The quantitative estimate of drug-likeness (QED) is 0.246. The minimum absolute atomic E-state index is 0.0531. The van der Waals surface area contributed by atoms with Crippen LogP contribution in [0.3, 0.4) is 0 Å². The molecule has 1 aromatic carbocycles. The Morgan fingerprint density at radius 3 is 2.36 bits per heavy atom. The van der Waals surface area contributed by atoms with Gasteiger partial charge in [-0.3, -0.25) is 14.5 Å². The highest BCUT2D eigenvalue weighted by Gasteiger charge is 2.36. The summed E-state index contributed by atoms with van der Waals surface area (Å²) in [5, 5.41) is 17.1. The Labute approximate surface area is 245 Å². The summed E-state index contributed by atoms with van der Waals surface area (Å²) in [7, 11) is 0. The molecule has 4 heterocycles. The first-order chi connectivity index (χ1) is 20.4. The minimum Gasteiger partial charge on any atom is -0.465 e. The van der Waals surface area contributed by atoms with Crippen LogP contribution in [0.4, 0.5) is 22.1 Å². The Balaban J connectivity index is 1.08. The number of nitrogens with zero attached hydrogens (tertiary/aromatic N) is 5. The Hall–Kier alpha value is -3.97. The summed E-state index contributed by atoms with van der Waals surface area (Å²) >= 11 is 0. The molecule has 0 radical (unpaired) electrons. The van der Waals surface area contributed by atoms with Crippen LogP contribution in [0.1, 0.15) is 54.1 Å². The van der Waals surface area contributed by atoms with Crippen molar-refractivity contribution in [3.05, 3.63) is 41.7 Å². The SMILES string of the molecule is NC(=O)c1ncc(N2CCCCC2)nc1Nc1ccc(C2CCN(C3CN(C(=O)CNCCNC(=O)O)C3)CC2)cc1. The molecule has 0 unspecified atom stereocenters. The molecule has 3 aliphatic heterocycles. The Kier molecular flexibility index (Phi) is 9.70. The summed E-state index contributed by atoms with van der Waals surface area (Å²) < 4.78 is 0. The van der Waals surface area contributed by atoms with Gasteiger partial charge in [0.05, 0.1) is 12.7 Å². The summed E-state index contributed by atoms with van der Waals surface area (Å²) in [6, 6.07) is 8.71. The largest absolute Gasteiger partial charge is 0.465 e. The molecule has 0 bridgehead atoms. The van der Waals surface area contributed by atoms with Gasteiger partial charge in [0.1, 0.15) is 5.82 Å². The van der Waals surface area contributed by atoms with Crippen LogP contribution in [0.2, 0.25) is 0 Å². The molecule has 2 aromatic rings. The van der Waals surface area contributed by atoms with Crippen molar-refractivity contribution in [2.75, 3.05) is 69.1 Å². The zero-order valence-corrected chi connectivity index (χ0v) is 23.9. The number of amides is 3. The van der Waals surface area contributed by atoms with Gasteiger partial charge in [-0.05, 0) is 68.8 Å². The molecule has 13 nitrogen and oxygen atoms in total. The number of aromatic nitrogens is 2. The zero-order valence-electron chi connectivity index (χ0n) is 23.9. The Bertz CT molecular complexity index is 1240. The van der Waals surface area contributed by atoms with E-state index >= 15 is 0 Å². The highest BCUT2D eigenvalue weighted by molar-refractivity contribution is 5.96. The molecule has 0 aliphatic carbocycles. The van der Waals surface area contributed by atoms with E-state index in [9.17, 15) is 14.4 Å². The number of hydrogen-bond acceptors (Lipinski definition) is 9. The molecule has 5 rings (SSSR count). The van der Waals surface area contributed by atoms with Crippen molar-refractivity contribution < 1.29 is 19.5 Å². The van der Waals surface area contributed by atoms with E-state index in [1.165, 1.54) is 12.0 Å². The van der Waals surface area contributed by atoms with Crippen molar-refractivity contribution in [2.24, 2.45) is 5.73 Å². The van der Waals surface area contributed by atoms with E-state index in [1.54, 1.807) is 6.20 Å². The fraction of sp³-hybridized carbons (Fsp3) is 0.552. The average Bonchev–Trinajstić information content (AvgIpc) is 2.97. The van der Waals surface area contributed by atoms with Crippen molar-refractivity contribution in [1.82, 2.24) is 30.4 Å². The van der Waals surface area contributed by atoms with Gasteiger partial charge in [0.25, 0.3) is 5.91 Å². The van der Waals surface area contributed by atoms with Gasteiger partial charge in [-0.15, -0.1) is 0 Å². The summed E-state index contributed by atoms with van der Waals surface area (Å²) in [6.07, 6.45) is 6.15. The molecule has 6 N–H and O–H groups in total. The number of carboxylic acid groups (broad SMARTS) is 1. The molecule has 0 saturated carbocycles. The number of nitrogens with one attached hydrogen (secondary N) is 3. The number of nitrogens with two attached hydrogens (primary N) is 1. The lowest BCUT2D eigenvalue weighted by molar-refractivity contribution is -0.138. The summed E-state index contributed by atoms with van der Waals surface area (Å²) in [6.45, 7) is 6.27. The number of piperidine rings is 2. The van der Waals surface area contributed by atoms with Crippen LogP contribution in [-0.4, -0.2) is 108 Å². The fourth-order valence-corrected chi connectivity index (χ4v) is 5.95. The van der Waals surface area contributed by atoms with Gasteiger partial charge < -0.3 is 36.6 Å². The van der Waals surface area contributed by atoms with Gasteiger partial charge >= 0.3 is 6.09 Å². The van der Waals surface area contributed by atoms with Crippen LogP contribution in [0.25, 0.3) is 0 Å². The lowest BCUT2D eigenvalue weighted by Crippen LogP contribution is -2.63. The van der Waals surface area contributed by atoms with Crippen molar-refractivity contribution in [1.29, 1.82) is 0 Å². The molecule has 3 fully saturated rings. The van der Waals surface area contributed by atoms with Crippen LogP contribution in [0, 0.1) is 0 Å². The molecule has 226 valence electrons. The molecule has 3 aliphatic rings. The van der Waals surface area contributed by atoms with Gasteiger partial charge in [-0.1, -0.05) is 12.1 Å². The first-order valence-electron chi connectivity index (χ1n) is 14.9. The predicted molar refractivity (Wildman–Crippen MR) is 159 cm³/mol. The lowest BCUT2D eigenvalue weighted by Gasteiger charge is -2.47. The summed E-state index contributed by atoms with van der Waals surface area (Å²) in [5.41, 5.74) is 7.84. The van der Waals surface area contributed by atoms with Crippen molar-refractivity contribution >= 4 is 35.2 Å². The summed E-state index contributed by atoms with van der Waals surface area (Å²) in [5.74, 6) is 1.05. The third-order valence-corrected chi connectivity index (χ3v) is 8.43. The minimum atomic E-state index is -1.06. The van der Waals surface area contributed by atoms with Gasteiger partial charge in [-0.25, -0.2) is 14.8 Å². The second kappa shape index (κ2) is 13.8. The topological polar surface area (TPSA) is 169 Å². The van der Waals surface area contributed by atoms with Crippen molar-refractivity contribution in [3.8, 4) is 0 Å². The van der Waals surface area contributed by atoms with Crippen LogP contribution in [0.15, 0.2) is 30.5 Å². The lowest BCUT2D eigenvalue weighted by atomic mass is 9.88. The first-order valence-corrected chi connectivity index (χ1v) is 14.9. The Morgan fingerprint density at radius 2 is 1.69 bits per heavy atom. The third kappa shape index (κ3) is 7.45. The monoisotopic (exact) mass is 579 g/mol. The number of likely N-dealkylation sites (tertiary alicyclic amines) is 2. The van der Waals surface area contributed by atoms with Crippen molar-refractivity contribution in [3.63, 3.8) is 0 Å². The molecule has 3 saturated heterocycles. The van der Waals surface area contributed by atoms with Crippen LogP contribution < -0.4 is 26.6 Å². The van der Waals surface area contributed by atoms with E-state index in [1.807, 2.05) is 17.0 Å². The number of carbonyl (C=O) groups is 3. The van der Waals surface area contributed by atoms with Crippen LogP contribution in [0.5, 0.6) is 0 Å². The van der Waals surface area contributed by atoms with E-state index in [0.29, 0.717) is 24.3 Å². The van der Waals surface area contributed by atoms with Gasteiger partial charge in [0.2, 0.25) is 5.91 Å². The van der Waals surface area contributed by atoms with Crippen LogP contribution in [-0.2, 0) is 4.79 Å². The maximum absolute atomic E-state index is 12.3. The third-order valence-electron chi connectivity index (χ3n) is 8.43. The highest BCUT2D eigenvalue weighted by atomic mass is 16.4. The van der Waals surface area contributed by atoms with E-state index in [-0.39, 0.29) is 24.7 Å². The maximum atomic E-state index is 12.3. The van der Waals surface area contributed by atoms with Crippen molar-refractivity contribution in [2.45, 2.75) is 44.1 Å². The fourth-order valence-electron chi connectivity index (χ4n) is 5.95. The molecule has 13 heteroatoms. The number of anilines is 3. The predicted octanol–water partition coefficient (Wildman–Crippen LogP) is 1.56. The van der Waals surface area contributed by atoms with E-state index in [4.69, 9.17) is 15.8 Å². The molecule has 0 spiro atoms. The molecular weight excluding hydrogens is 538 g/mol. The number of hydrogen-bond donors (Lipinski definition) is 5. The second-order valence-electron chi connectivity index (χ2n) is 11.3. The number of carbonyl (C=O) groups excluding carboxylic acids is 2. The number of primary amides is 1. The molecular formula is C29H41N9O4. The Morgan fingerprint density at radius 1 is 0.976 bits per heavy atom. The molecule has 3 amide bonds. The van der Waals surface area contributed by atoms with Crippen LogP contribution >= 0.6 is 0 Å². The molecule has 0 atom stereocenters. The molecule has 1 aromatic heterocycles.